The number of hydrogen-bond acceptors (Lipinski definition) is 5. The summed E-state index contributed by atoms with van der Waals surface area (Å²) in [6, 6.07) is 8.21. The zero-order chi connectivity index (χ0) is 18.9. The van der Waals surface area contributed by atoms with Crippen LogP contribution in [0.1, 0.15) is 27.2 Å². The maximum atomic E-state index is 12.3. The first-order valence-corrected chi connectivity index (χ1v) is 8.91. The molecule has 0 saturated carbocycles. The van der Waals surface area contributed by atoms with Gasteiger partial charge in [-0.2, -0.15) is 0 Å². The zero-order valence-electron chi connectivity index (χ0n) is 16.2. The van der Waals surface area contributed by atoms with E-state index in [1.165, 1.54) is 0 Å². The molecule has 0 aliphatic carbocycles. The van der Waals surface area contributed by atoms with Crippen LogP contribution in [0.25, 0.3) is 10.9 Å². The van der Waals surface area contributed by atoms with Crippen LogP contribution in [-0.2, 0) is 4.74 Å². The van der Waals surface area contributed by atoms with E-state index >= 15 is 0 Å². The van der Waals surface area contributed by atoms with E-state index in [1.807, 2.05) is 52.2 Å². The SMILES string of the molecule is COc1ccc2ncc(N(C)[C@H]3CCN(C(=O)OC(C)(C)C)C3)cc2c1. The van der Waals surface area contributed by atoms with Crippen molar-refractivity contribution in [3.8, 4) is 5.75 Å². The number of carbonyl (C=O) groups is 1. The van der Waals surface area contributed by atoms with E-state index in [0.717, 1.165) is 28.8 Å². The number of likely N-dealkylation sites (N-methyl/N-ethyl adjacent to an activating group) is 1. The number of fused-ring (bicyclic) bond motifs is 1. The zero-order valence-corrected chi connectivity index (χ0v) is 16.2. The van der Waals surface area contributed by atoms with E-state index in [0.29, 0.717) is 13.1 Å². The van der Waals surface area contributed by atoms with Gasteiger partial charge in [-0.05, 0) is 51.5 Å². The first-order valence-electron chi connectivity index (χ1n) is 8.91. The normalized spacial score (nSPS) is 17.4. The number of hydrogen-bond donors (Lipinski definition) is 0. The number of aromatic nitrogens is 1. The molecule has 140 valence electrons. The molecular weight excluding hydrogens is 330 g/mol. The van der Waals surface area contributed by atoms with Crippen molar-refractivity contribution in [3.05, 3.63) is 30.5 Å². The molecule has 0 spiro atoms. The molecule has 1 atom stereocenters. The van der Waals surface area contributed by atoms with Gasteiger partial charge in [-0.25, -0.2) is 4.79 Å². The number of likely N-dealkylation sites (tertiary alicyclic amines) is 1. The lowest BCUT2D eigenvalue weighted by Gasteiger charge is -2.28. The van der Waals surface area contributed by atoms with Crippen LogP contribution < -0.4 is 9.64 Å². The molecule has 1 saturated heterocycles. The van der Waals surface area contributed by atoms with Gasteiger partial charge in [-0.1, -0.05) is 0 Å². The van der Waals surface area contributed by atoms with E-state index in [2.05, 4.69) is 16.0 Å². The molecule has 1 aliphatic heterocycles. The number of rotatable bonds is 3. The molecule has 6 heteroatoms. The third kappa shape index (κ3) is 4.00. The highest BCUT2D eigenvalue weighted by atomic mass is 16.6. The summed E-state index contributed by atoms with van der Waals surface area (Å²) in [4.78, 5) is 20.8. The summed E-state index contributed by atoms with van der Waals surface area (Å²) in [7, 11) is 3.71. The Morgan fingerprint density at radius 3 is 2.77 bits per heavy atom. The number of amides is 1. The molecule has 0 unspecified atom stereocenters. The smallest absolute Gasteiger partial charge is 0.410 e. The van der Waals surface area contributed by atoms with Crippen molar-refractivity contribution in [1.82, 2.24) is 9.88 Å². The number of nitrogens with zero attached hydrogens (tertiary/aromatic N) is 3. The van der Waals surface area contributed by atoms with Crippen molar-refractivity contribution < 1.29 is 14.3 Å². The quantitative estimate of drug-likeness (QED) is 0.838. The predicted octanol–water partition coefficient (Wildman–Crippen LogP) is 3.69. The molecule has 1 aromatic carbocycles. The second-order valence-electron chi connectivity index (χ2n) is 7.73. The van der Waals surface area contributed by atoms with E-state index in [-0.39, 0.29) is 12.1 Å². The topological polar surface area (TPSA) is 54.9 Å². The number of pyridine rings is 1. The first kappa shape index (κ1) is 18.3. The molecule has 1 aromatic heterocycles. The summed E-state index contributed by atoms with van der Waals surface area (Å²) in [5.74, 6) is 0.816. The van der Waals surface area contributed by atoms with Gasteiger partial charge in [0.15, 0.2) is 0 Å². The van der Waals surface area contributed by atoms with Crippen LogP contribution in [0, 0.1) is 0 Å². The highest BCUT2D eigenvalue weighted by Gasteiger charge is 2.32. The number of ether oxygens (including phenoxy) is 2. The predicted molar refractivity (Wildman–Crippen MR) is 103 cm³/mol. The third-order valence-corrected chi connectivity index (χ3v) is 4.64. The Bertz CT molecular complexity index is 800. The molecule has 0 bridgehead atoms. The molecule has 1 amide bonds. The fourth-order valence-electron chi connectivity index (χ4n) is 3.18. The summed E-state index contributed by atoms with van der Waals surface area (Å²) in [6.45, 7) is 7.03. The fraction of sp³-hybridized carbons (Fsp3) is 0.500. The average Bonchev–Trinajstić information content (AvgIpc) is 3.09. The van der Waals surface area contributed by atoms with Crippen LogP contribution in [0.2, 0.25) is 0 Å². The maximum Gasteiger partial charge on any atom is 0.410 e. The highest BCUT2D eigenvalue weighted by Crippen LogP contribution is 2.27. The summed E-state index contributed by atoms with van der Waals surface area (Å²) in [5, 5.41) is 1.04. The molecule has 1 aliphatic rings. The molecule has 26 heavy (non-hydrogen) atoms. The number of carbonyl (C=O) groups excluding carboxylic acids is 1. The largest absolute Gasteiger partial charge is 0.497 e. The lowest BCUT2D eigenvalue weighted by molar-refractivity contribution is 0.0292. The Morgan fingerprint density at radius 2 is 2.08 bits per heavy atom. The van der Waals surface area contributed by atoms with Gasteiger partial charge in [-0.3, -0.25) is 4.98 Å². The van der Waals surface area contributed by atoms with E-state index in [1.54, 1.807) is 12.0 Å². The number of benzene rings is 1. The Kier molecular flexibility index (Phi) is 4.94. The van der Waals surface area contributed by atoms with Crippen LogP contribution >= 0.6 is 0 Å². The van der Waals surface area contributed by atoms with Crippen molar-refractivity contribution in [2.24, 2.45) is 0 Å². The standard InChI is InChI=1S/C20H27N3O3/c1-20(2,3)26-19(24)23-9-8-15(13-23)22(4)16-10-14-11-17(25-5)6-7-18(14)21-12-16/h6-7,10-12,15H,8-9,13H2,1-5H3/t15-/m0/s1. The monoisotopic (exact) mass is 357 g/mol. The summed E-state index contributed by atoms with van der Waals surface area (Å²) in [5.41, 5.74) is 1.49. The molecular formula is C20H27N3O3. The molecule has 0 N–H and O–H groups in total. The van der Waals surface area contributed by atoms with Crippen LogP contribution in [0.3, 0.4) is 0 Å². The Hall–Kier alpha value is -2.50. The summed E-state index contributed by atoms with van der Waals surface area (Å²) in [6.07, 6.45) is 2.55. The van der Waals surface area contributed by atoms with E-state index < -0.39 is 5.60 Å². The minimum atomic E-state index is -0.470. The van der Waals surface area contributed by atoms with Gasteiger partial charge in [0.2, 0.25) is 0 Å². The first-order chi connectivity index (χ1) is 12.3. The minimum Gasteiger partial charge on any atom is -0.497 e. The van der Waals surface area contributed by atoms with E-state index in [9.17, 15) is 4.79 Å². The molecule has 2 aromatic rings. The van der Waals surface area contributed by atoms with Crippen LogP contribution in [0.15, 0.2) is 30.5 Å². The lowest BCUT2D eigenvalue weighted by atomic mass is 10.1. The molecule has 2 heterocycles. The average molecular weight is 357 g/mol. The second kappa shape index (κ2) is 7.02. The minimum absolute atomic E-state index is 0.241. The van der Waals surface area contributed by atoms with Crippen LogP contribution in [-0.4, -0.2) is 54.9 Å². The van der Waals surface area contributed by atoms with Crippen molar-refractivity contribution in [2.45, 2.75) is 38.8 Å². The molecule has 1 fully saturated rings. The van der Waals surface area contributed by atoms with Gasteiger partial charge in [0.25, 0.3) is 0 Å². The maximum absolute atomic E-state index is 12.3. The Balaban J connectivity index is 1.72. The summed E-state index contributed by atoms with van der Waals surface area (Å²) >= 11 is 0. The fourth-order valence-corrected chi connectivity index (χ4v) is 3.18. The van der Waals surface area contributed by atoms with Crippen molar-refractivity contribution in [1.29, 1.82) is 0 Å². The Labute approximate surface area is 154 Å². The highest BCUT2D eigenvalue weighted by molar-refractivity contribution is 5.83. The second-order valence-corrected chi connectivity index (χ2v) is 7.73. The Morgan fingerprint density at radius 1 is 1.31 bits per heavy atom. The summed E-state index contributed by atoms with van der Waals surface area (Å²) < 4.78 is 10.8. The van der Waals surface area contributed by atoms with Gasteiger partial charge >= 0.3 is 6.09 Å². The van der Waals surface area contributed by atoms with Crippen LogP contribution in [0.4, 0.5) is 10.5 Å². The van der Waals surface area contributed by atoms with E-state index in [4.69, 9.17) is 9.47 Å². The lowest BCUT2D eigenvalue weighted by Crippen LogP contribution is -2.39. The van der Waals surface area contributed by atoms with Crippen molar-refractivity contribution >= 4 is 22.7 Å². The van der Waals surface area contributed by atoms with Crippen LogP contribution in [0.5, 0.6) is 5.75 Å². The molecule has 0 radical (unpaired) electrons. The number of anilines is 1. The van der Waals surface area contributed by atoms with Gasteiger partial charge < -0.3 is 19.3 Å². The van der Waals surface area contributed by atoms with Gasteiger partial charge in [0.05, 0.1) is 24.5 Å². The van der Waals surface area contributed by atoms with Gasteiger partial charge in [0.1, 0.15) is 11.4 Å². The van der Waals surface area contributed by atoms with Crippen molar-refractivity contribution in [3.63, 3.8) is 0 Å². The van der Waals surface area contributed by atoms with Gasteiger partial charge in [-0.15, -0.1) is 0 Å². The third-order valence-electron chi connectivity index (χ3n) is 4.64. The van der Waals surface area contributed by atoms with Gasteiger partial charge in [0, 0.05) is 31.6 Å². The molecule has 3 rings (SSSR count). The van der Waals surface area contributed by atoms with Crippen molar-refractivity contribution in [2.75, 3.05) is 32.1 Å². The molecule has 6 nitrogen and oxygen atoms in total. The number of methoxy groups -OCH3 is 1.